The highest BCUT2D eigenvalue weighted by Gasteiger charge is 2.19. The molecular formula is C8H8BrN3O3S2. The van der Waals surface area contributed by atoms with Crippen LogP contribution in [0.4, 0.5) is 0 Å². The van der Waals surface area contributed by atoms with E-state index in [4.69, 9.17) is 4.52 Å². The maximum Gasteiger partial charge on any atom is 0.251 e. The second kappa shape index (κ2) is 4.84. The minimum atomic E-state index is -3.54. The van der Waals surface area contributed by atoms with Crippen LogP contribution >= 0.6 is 27.3 Å². The number of hydrogen-bond donors (Lipinski definition) is 1. The average Bonchev–Trinajstić information content (AvgIpc) is 2.85. The molecule has 17 heavy (non-hydrogen) atoms. The van der Waals surface area contributed by atoms with Gasteiger partial charge in [-0.05, 0) is 34.3 Å². The first-order valence-corrected chi connectivity index (χ1v) is 7.66. The molecule has 0 aromatic carbocycles. The molecule has 0 unspecified atom stereocenters. The van der Waals surface area contributed by atoms with Gasteiger partial charge in [0.25, 0.3) is 10.0 Å². The number of aryl methyl sites for hydroxylation is 1. The van der Waals surface area contributed by atoms with E-state index in [1.807, 2.05) is 0 Å². The van der Waals surface area contributed by atoms with E-state index in [9.17, 15) is 8.42 Å². The van der Waals surface area contributed by atoms with Gasteiger partial charge in [-0.2, -0.15) is 4.98 Å². The fraction of sp³-hybridized carbons (Fsp3) is 0.250. The van der Waals surface area contributed by atoms with Crippen molar-refractivity contribution in [3.8, 4) is 0 Å². The lowest BCUT2D eigenvalue weighted by Crippen LogP contribution is -2.22. The van der Waals surface area contributed by atoms with E-state index in [0.717, 1.165) is 11.3 Å². The minimum absolute atomic E-state index is 0.0203. The van der Waals surface area contributed by atoms with Crippen LogP contribution in [0.25, 0.3) is 0 Å². The summed E-state index contributed by atoms with van der Waals surface area (Å²) in [6, 6.07) is 1.68. The van der Waals surface area contributed by atoms with Gasteiger partial charge in [0.05, 0.1) is 6.54 Å². The van der Waals surface area contributed by atoms with Gasteiger partial charge in [-0.25, -0.2) is 13.1 Å². The first-order chi connectivity index (χ1) is 7.99. The molecule has 0 spiro atoms. The molecule has 0 amide bonds. The van der Waals surface area contributed by atoms with Gasteiger partial charge in [0.15, 0.2) is 5.82 Å². The standard InChI is InChI=1S/C8H8BrN3O3S2/c1-5-11-7(15-12-5)4-10-17(13,14)8-6(9)2-3-16-8/h2-3,10H,4H2,1H3. The molecule has 0 aliphatic rings. The van der Waals surface area contributed by atoms with Crippen LogP contribution in [0.1, 0.15) is 11.7 Å². The van der Waals surface area contributed by atoms with Crippen molar-refractivity contribution in [2.75, 3.05) is 0 Å². The molecule has 2 heterocycles. The molecule has 6 nitrogen and oxygen atoms in total. The molecule has 1 N–H and O–H groups in total. The number of nitrogens with zero attached hydrogens (tertiary/aromatic N) is 2. The van der Waals surface area contributed by atoms with Crippen LogP contribution in [-0.4, -0.2) is 18.6 Å². The molecular weight excluding hydrogens is 330 g/mol. The van der Waals surface area contributed by atoms with E-state index >= 15 is 0 Å². The van der Waals surface area contributed by atoms with Crippen LogP contribution in [0.3, 0.4) is 0 Å². The Balaban J connectivity index is 2.11. The monoisotopic (exact) mass is 337 g/mol. The zero-order valence-corrected chi connectivity index (χ0v) is 11.9. The molecule has 92 valence electrons. The summed E-state index contributed by atoms with van der Waals surface area (Å²) < 4.78 is 31.7. The van der Waals surface area contributed by atoms with Gasteiger partial charge in [0.1, 0.15) is 4.21 Å². The predicted molar refractivity (Wildman–Crippen MR) is 65.1 cm³/mol. The topological polar surface area (TPSA) is 85.1 Å². The molecule has 0 saturated carbocycles. The lowest BCUT2D eigenvalue weighted by atomic mass is 10.6. The van der Waals surface area contributed by atoms with Crippen molar-refractivity contribution >= 4 is 37.3 Å². The largest absolute Gasteiger partial charge is 0.338 e. The van der Waals surface area contributed by atoms with Crippen LogP contribution < -0.4 is 4.72 Å². The van der Waals surface area contributed by atoms with Crippen LogP contribution in [-0.2, 0) is 16.6 Å². The molecule has 0 bridgehead atoms. The summed E-state index contributed by atoms with van der Waals surface area (Å²) >= 11 is 4.31. The maximum absolute atomic E-state index is 11.9. The number of halogens is 1. The molecule has 0 aliphatic heterocycles. The third kappa shape index (κ3) is 2.92. The first kappa shape index (κ1) is 12.7. The fourth-order valence-corrected chi connectivity index (χ4v) is 4.46. The lowest BCUT2D eigenvalue weighted by molar-refractivity contribution is 0.372. The molecule has 0 aliphatic carbocycles. The van der Waals surface area contributed by atoms with Gasteiger partial charge in [-0.1, -0.05) is 5.16 Å². The molecule has 2 rings (SSSR count). The first-order valence-electron chi connectivity index (χ1n) is 4.51. The van der Waals surface area contributed by atoms with Gasteiger partial charge in [0.2, 0.25) is 5.89 Å². The SMILES string of the molecule is Cc1noc(CNS(=O)(=O)c2sccc2Br)n1. The zero-order valence-electron chi connectivity index (χ0n) is 8.68. The fourth-order valence-electron chi connectivity index (χ4n) is 1.11. The highest BCUT2D eigenvalue weighted by molar-refractivity contribution is 9.10. The maximum atomic E-state index is 11.9. The number of rotatable bonds is 4. The molecule has 0 fully saturated rings. The van der Waals surface area contributed by atoms with Crippen LogP contribution in [0.5, 0.6) is 0 Å². The number of hydrogen-bond acceptors (Lipinski definition) is 6. The van der Waals surface area contributed by atoms with Crippen molar-refractivity contribution in [2.24, 2.45) is 0 Å². The van der Waals surface area contributed by atoms with Crippen molar-refractivity contribution in [3.63, 3.8) is 0 Å². The van der Waals surface area contributed by atoms with Gasteiger partial charge in [-0.3, -0.25) is 0 Å². The summed E-state index contributed by atoms with van der Waals surface area (Å²) in [5.41, 5.74) is 0. The highest BCUT2D eigenvalue weighted by atomic mass is 79.9. The van der Waals surface area contributed by atoms with Gasteiger partial charge in [0, 0.05) is 4.47 Å². The summed E-state index contributed by atoms with van der Waals surface area (Å²) in [5, 5.41) is 5.26. The minimum Gasteiger partial charge on any atom is -0.338 e. The van der Waals surface area contributed by atoms with Gasteiger partial charge >= 0.3 is 0 Å². The predicted octanol–water partition coefficient (Wildman–Crippen LogP) is 1.68. The summed E-state index contributed by atoms with van der Waals surface area (Å²) in [5.74, 6) is 0.704. The smallest absolute Gasteiger partial charge is 0.251 e. The van der Waals surface area contributed by atoms with Crippen LogP contribution in [0.15, 0.2) is 24.7 Å². The molecule has 0 atom stereocenters. The molecule has 0 radical (unpaired) electrons. The van der Waals surface area contributed by atoms with E-state index in [1.165, 1.54) is 0 Å². The second-order valence-corrected chi connectivity index (χ2v) is 6.85. The van der Waals surface area contributed by atoms with Crippen LogP contribution in [0, 0.1) is 6.92 Å². The second-order valence-electron chi connectivity index (χ2n) is 3.12. The van der Waals surface area contributed by atoms with Gasteiger partial charge in [-0.15, -0.1) is 11.3 Å². The van der Waals surface area contributed by atoms with Crippen LogP contribution in [0.2, 0.25) is 0 Å². The third-order valence-corrected chi connectivity index (χ3v) is 5.88. The molecule has 2 aromatic rings. The third-order valence-electron chi connectivity index (χ3n) is 1.81. The van der Waals surface area contributed by atoms with E-state index < -0.39 is 10.0 Å². The summed E-state index contributed by atoms with van der Waals surface area (Å²) in [6.07, 6.45) is 0. The zero-order chi connectivity index (χ0) is 12.5. The van der Waals surface area contributed by atoms with Crippen molar-refractivity contribution in [1.82, 2.24) is 14.9 Å². The Labute approximate surface area is 110 Å². The summed E-state index contributed by atoms with van der Waals surface area (Å²) in [6.45, 7) is 1.64. The summed E-state index contributed by atoms with van der Waals surface area (Å²) in [7, 11) is -3.54. The van der Waals surface area contributed by atoms with Gasteiger partial charge < -0.3 is 4.52 Å². The van der Waals surface area contributed by atoms with E-state index in [-0.39, 0.29) is 16.6 Å². The van der Waals surface area contributed by atoms with Crippen molar-refractivity contribution in [2.45, 2.75) is 17.7 Å². The quantitative estimate of drug-likeness (QED) is 0.917. The van der Waals surface area contributed by atoms with E-state index in [2.05, 4.69) is 30.8 Å². The normalized spacial score (nSPS) is 11.9. The Morgan fingerprint density at radius 2 is 2.35 bits per heavy atom. The van der Waals surface area contributed by atoms with Crippen molar-refractivity contribution < 1.29 is 12.9 Å². The summed E-state index contributed by atoms with van der Waals surface area (Å²) in [4.78, 5) is 3.90. The van der Waals surface area contributed by atoms with E-state index in [0.29, 0.717) is 10.3 Å². The molecule has 0 saturated heterocycles. The molecule has 9 heteroatoms. The Morgan fingerprint density at radius 3 is 2.88 bits per heavy atom. The Kier molecular flexibility index (Phi) is 3.61. The number of aromatic nitrogens is 2. The average molecular weight is 338 g/mol. The number of nitrogens with one attached hydrogen (secondary N) is 1. The highest BCUT2D eigenvalue weighted by Crippen LogP contribution is 2.27. The van der Waals surface area contributed by atoms with E-state index in [1.54, 1.807) is 18.4 Å². The number of sulfonamides is 1. The Hall–Kier alpha value is -0.770. The molecule has 2 aromatic heterocycles. The Morgan fingerprint density at radius 1 is 1.59 bits per heavy atom. The van der Waals surface area contributed by atoms with Crippen molar-refractivity contribution in [1.29, 1.82) is 0 Å². The number of thiophene rings is 1. The van der Waals surface area contributed by atoms with Crippen molar-refractivity contribution in [3.05, 3.63) is 27.6 Å². The lowest BCUT2D eigenvalue weighted by Gasteiger charge is -2.02. The Bertz CT molecular complexity index is 620.